The lowest BCUT2D eigenvalue weighted by Crippen LogP contribution is -2.51. The first kappa shape index (κ1) is 21.3. The molecule has 0 aliphatic carbocycles. The third-order valence-corrected chi connectivity index (χ3v) is 4.86. The van der Waals surface area contributed by atoms with Gasteiger partial charge in [-0.15, -0.1) is 0 Å². The van der Waals surface area contributed by atoms with Gasteiger partial charge in [-0.05, 0) is 46.1 Å². The Labute approximate surface area is 162 Å². The fraction of sp³-hybridized carbons (Fsp3) is 0.526. The molecule has 9 heteroatoms. The molecule has 0 N–H and O–H groups in total. The second-order valence-corrected chi connectivity index (χ2v) is 6.94. The van der Waals surface area contributed by atoms with Crippen molar-refractivity contribution in [1.82, 2.24) is 4.90 Å². The Balaban J connectivity index is 2.21. The van der Waals surface area contributed by atoms with Gasteiger partial charge in [-0.3, -0.25) is 14.9 Å². The quantitative estimate of drug-likeness (QED) is 0.430. The summed E-state index contributed by atoms with van der Waals surface area (Å²) in [6.07, 6.45) is 1.73. The van der Waals surface area contributed by atoms with Crippen LogP contribution in [0.2, 0.25) is 0 Å². The van der Waals surface area contributed by atoms with Gasteiger partial charge in [0, 0.05) is 24.2 Å². The number of nitro groups is 1. The number of hydrogen-bond acceptors (Lipinski definition) is 7. The van der Waals surface area contributed by atoms with Gasteiger partial charge in [0.1, 0.15) is 0 Å². The van der Waals surface area contributed by atoms with E-state index < -0.39 is 28.7 Å². The summed E-state index contributed by atoms with van der Waals surface area (Å²) in [5.41, 5.74) is -0.804. The summed E-state index contributed by atoms with van der Waals surface area (Å²) in [5.74, 6) is -2.06. The molecule has 0 spiro atoms. The molecular weight excluding hydrogens is 368 g/mol. The van der Waals surface area contributed by atoms with E-state index in [9.17, 15) is 24.5 Å². The first-order valence-electron chi connectivity index (χ1n) is 9.06. The number of nitro benzene ring substituents is 1. The molecule has 0 saturated carbocycles. The Bertz CT molecular complexity index is 782. The van der Waals surface area contributed by atoms with Gasteiger partial charge in [0.05, 0.1) is 23.2 Å². The third-order valence-electron chi connectivity index (χ3n) is 4.86. The number of carbonyl (C=O) groups is 3. The molecule has 1 aliphatic heterocycles. The van der Waals surface area contributed by atoms with E-state index in [1.165, 1.54) is 6.92 Å². The first-order chi connectivity index (χ1) is 13.1. The number of rotatable bonds is 5. The van der Waals surface area contributed by atoms with E-state index in [0.29, 0.717) is 0 Å². The molecular formula is C19H24N2O7. The normalized spacial score (nSPS) is 20.2. The predicted octanol–water partition coefficient (Wildman–Crippen LogP) is 2.72. The molecule has 0 bridgehead atoms. The Morgan fingerprint density at radius 1 is 1.11 bits per heavy atom. The highest BCUT2D eigenvalue weighted by Gasteiger charge is 2.33. The number of likely N-dealkylation sites (tertiary alicyclic amines) is 1. The molecule has 1 fully saturated rings. The molecule has 152 valence electrons. The van der Waals surface area contributed by atoms with E-state index in [0.717, 1.165) is 44.6 Å². The van der Waals surface area contributed by atoms with Crippen molar-refractivity contribution in [2.24, 2.45) is 0 Å². The van der Waals surface area contributed by atoms with Crippen LogP contribution in [0.25, 0.3) is 0 Å². The van der Waals surface area contributed by atoms with Gasteiger partial charge >= 0.3 is 11.9 Å². The molecule has 0 unspecified atom stereocenters. The molecule has 9 nitrogen and oxygen atoms in total. The predicted molar refractivity (Wildman–Crippen MR) is 98.9 cm³/mol. The van der Waals surface area contributed by atoms with Crippen LogP contribution >= 0.6 is 0 Å². The summed E-state index contributed by atoms with van der Waals surface area (Å²) in [6, 6.07) is 3.24. The fourth-order valence-electron chi connectivity index (χ4n) is 3.41. The van der Waals surface area contributed by atoms with Crippen molar-refractivity contribution in [3.05, 3.63) is 39.4 Å². The van der Waals surface area contributed by atoms with Crippen LogP contribution in [0.5, 0.6) is 0 Å². The van der Waals surface area contributed by atoms with Crippen LogP contribution in [0.15, 0.2) is 18.2 Å². The second-order valence-electron chi connectivity index (χ2n) is 6.94. The topological polar surface area (TPSA) is 116 Å². The van der Waals surface area contributed by atoms with Crippen molar-refractivity contribution < 1.29 is 28.8 Å². The van der Waals surface area contributed by atoms with Gasteiger partial charge in [0.2, 0.25) is 0 Å². The zero-order chi connectivity index (χ0) is 21.0. The maximum atomic E-state index is 12.7. The monoisotopic (exact) mass is 392 g/mol. The summed E-state index contributed by atoms with van der Waals surface area (Å²) in [4.78, 5) is 49.0. The number of hydrogen-bond donors (Lipinski definition) is 0. The van der Waals surface area contributed by atoms with E-state index in [1.54, 1.807) is 4.90 Å². The number of piperidine rings is 1. The molecule has 1 aromatic carbocycles. The molecule has 1 aromatic rings. The minimum absolute atomic E-state index is 0.0427. The van der Waals surface area contributed by atoms with Crippen LogP contribution in [-0.4, -0.2) is 53.0 Å². The Morgan fingerprint density at radius 3 is 2.14 bits per heavy atom. The number of nitrogens with zero attached hydrogens (tertiary/aromatic N) is 2. The average Bonchev–Trinajstić information content (AvgIpc) is 2.66. The standard InChI is InChI=1S/C19H24N2O7/c1-11-6-5-7-12(2)20(11)17(22)13(3)28-19(24)15-8-14(18(23)27-4)9-16(10-15)21(25)26/h8-13H,5-7H2,1-4H3/t11-,12+,13-/m1/s1. The van der Waals surface area contributed by atoms with Gasteiger partial charge < -0.3 is 14.4 Å². The SMILES string of the molecule is COC(=O)c1cc(C(=O)O[C@H](C)C(=O)N2[C@H](C)CCC[C@@H]2C)cc([N+](=O)[O-])c1. The maximum Gasteiger partial charge on any atom is 0.339 e. The van der Waals surface area contributed by atoms with Gasteiger partial charge in [0.15, 0.2) is 6.10 Å². The van der Waals surface area contributed by atoms with Crippen molar-refractivity contribution in [2.45, 2.75) is 58.2 Å². The van der Waals surface area contributed by atoms with Gasteiger partial charge in [0.25, 0.3) is 11.6 Å². The van der Waals surface area contributed by atoms with E-state index in [-0.39, 0.29) is 29.1 Å². The summed E-state index contributed by atoms with van der Waals surface area (Å²) in [5, 5.41) is 11.1. The molecule has 1 heterocycles. The highest BCUT2D eigenvalue weighted by Crippen LogP contribution is 2.24. The first-order valence-corrected chi connectivity index (χ1v) is 9.06. The minimum atomic E-state index is -1.06. The van der Waals surface area contributed by atoms with Crippen LogP contribution in [-0.2, 0) is 14.3 Å². The van der Waals surface area contributed by atoms with Crippen molar-refractivity contribution in [3.63, 3.8) is 0 Å². The third kappa shape index (κ3) is 4.65. The highest BCUT2D eigenvalue weighted by atomic mass is 16.6. The van der Waals surface area contributed by atoms with Gasteiger partial charge in [-0.2, -0.15) is 0 Å². The summed E-state index contributed by atoms with van der Waals surface area (Å²) in [6.45, 7) is 5.36. The highest BCUT2D eigenvalue weighted by molar-refractivity contribution is 5.97. The molecule has 2 rings (SSSR count). The summed E-state index contributed by atoms with van der Waals surface area (Å²) < 4.78 is 9.80. The second kappa shape index (κ2) is 8.81. The lowest BCUT2D eigenvalue weighted by Gasteiger charge is -2.40. The number of methoxy groups -OCH3 is 1. The molecule has 1 aliphatic rings. The van der Waals surface area contributed by atoms with E-state index in [2.05, 4.69) is 4.74 Å². The lowest BCUT2D eigenvalue weighted by molar-refractivity contribution is -0.384. The zero-order valence-electron chi connectivity index (χ0n) is 16.3. The molecule has 0 radical (unpaired) electrons. The van der Waals surface area contributed by atoms with E-state index in [4.69, 9.17) is 4.74 Å². The number of esters is 2. The van der Waals surface area contributed by atoms with E-state index >= 15 is 0 Å². The number of ether oxygens (including phenoxy) is 2. The van der Waals surface area contributed by atoms with Crippen LogP contribution < -0.4 is 0 Å². The number of carbonyl (C=O) groups excluding carboxylic acids is 3. The molecule has 3 atom stereocenters. The van der Waals surface area contributed by atoms with E-state index in [1.807, 2.05) is 13.8 Å². The summed E-state index contributed by atoms with van der Waals surface area (Å²) in [7, 11) is 1.13. The number of benzene rings is 1. The number of non-ortho nitro benzene ring substituents is 1. The van der Waals surface area contributed by atoms with Crippen molar-refractivity contribution in [1.29, 1.82) is 0 Å². The smallest absolute Gasteiger partial charge is 0.339 e. The van der Waals surface area contributed by atoms with Crippen LogP contribution in [0.3, 0.4) is 0 Å². The Morgan fingerprint density at radius 2 is 1.64 bits per heavy atom. The Kier molecular flexibility index (Phi) is 6.71. The summed E-state index contributed by atoms with van der Waals surface area (Å²) >= 11 is 0. The number of amides is 1. The molecule has 1 amide bonds. The molecule has 0 aromatic heterocycles. The maximum absolute atomic E-state index is 12.7. The van der Waals surface area contributed by atoms with Crippen LogP contribution in [0.4, 0.5) is 5.69 Å². The van der Waals surface area contributed by atoms with Gasteiger partial charge in [-0.1, -0.05) is 0 Å². The largest absolute Gasteiger partial charge is 0.465 e. The van der Waals surface area contributed by atoms with Crippen molar-refractivity contribution in [3.8, 4) is 0 Å². The average molecular weight is 392 g/mol. The van der Waals surface area contributed by atoms with Crippen LogP contribution in [0.1, 0.15) is 60.7 Å². The minimum Gasteiger partial charge on any atom is -0.465 e. The zero-order valence-corrected chi connectivity index (χ0v) is 16.3. The van der Waals surface area contributed by atoms with Gasteiger partial charge in [-0.25, -0.2) is 9.59 Å². The molecule has 1 saturated heterocycles. The van der Waals surface area contributed by atoms with Crippen molar-refractivity contribution in [2.75, 3.05) is 7.11 Å². The van der Waals surface area contributed by atoms with Crippen molar-refractivity contribution >= 4 is 23.5 Å². The van der Waals surface area contributed by atoms with Crippen LogP contribution in [0, 0.1) is 10.1 Å². The lowest BCUT2D eigenvalue weighted by atomic mass is 9.97. The fourth-order valence-corrected chi connectivity index (χ4v) is 3.41. The Hall–Kier alpha value is -2.97. The molecule has 28 heavy (non-hydrogen) atoms.